The van der Waals surface area contributed by atoms with Crippen molar-refractivity contribution >= 4 is 16.9 Å². The molecule has 1 N–H and O–H groups in total. The number of rotatable bonds is 3. The van der Waals surface area contributed by atoms with Gasteiger partial charge in [0.25, 0.3) is 0 Å². The lowest BCUT2D eigenvalue weighted by Crippen LogP contribution is -2.40. The minimum atomic E-state index is -0.276. The monoisotopic (exact) mass is 337 g/mol. The van der Waals surface area contributed by atoms with E-state index >= 15 is 0 Å². The minimum absolute atomic E-state index is 0.102. The van der Waals surface area contributed by atoms with Crippen LogP contribution < -0.4 is 0 Å². The molecule has 1 saturated heterocycles. The Kier molecular flexibility index (Phi) is 4.22. The Morgan fingerprint density at radius 1 is 1.28 bits per heavy atom. The van der Waals surface area contributed by atoms with E-state index in [0.29, 0.717) is 18.9 Å². The second-order valence-corrected chi connectivity index (χ2v) is 6.64. The van der Waals surface area contributed by atoms with Crippen molar-refractivity contribution in [2.24, 2.45) is 0 Å². The standard InChI is InChI=1S/C20H20FN3O/c21-16-7-5-14(6-8-16)11-20(25)24-10-2-3-15(13-24)18-12-19-17(23-18)4-1-9-22-19/h1,4-9,12,15,23H,2-3,10-11,13H2/t15-/m1/s1. The van der Waals surface area contributed by atoms with Crippen LogP contribution in [0.3, 0.4) is 0 Å². The van der Waals surface area contributed by atoms with Crippen molar-refractivity contribution in [1.29, 1.82) is 0 Å². The van der Waals surface area contributed by atoms with E-state index in [1.165, 1.54) is 12.1 Å². The molecule has 0 spiro atoms. The van der Waals surface area contributed by atoms with Crippen molar-refractivity contribution in [3.8, 4) is 0 Å². The van der Waals surface area contributed by atoms with Crippen LogP contribution in [0.25, 0.3) is 11.0 Å². The third-order valence-corrected chi connectivity index (χ3v) is 4.89. The number of nitrogens with zero attached hydrogens (tertiary/aromatic N) is 2. The van der Waals surface area contributed by atoms with E-state index in [0.717, 1.165) is 41.7 Å². The lowest BCUT2D eigenvalue weighted by molar-refractivity contribution is -0.131. The van der Waals surface area contributed by atoms with E-state index < -0.39 is 0 Å². The fourth-order valence-corrected chi connectivity index (χ4v) is 3.54. The van der Waals surface area contributed by atoms with Gasteiger partial charge in [-0.3, -0.25) is 9.78 Å². The van der Waals surface area contributed by atoms with E-state index in [1.54, 1.807) is 18.3 Å². The van der Waals surface area contributed by atoms with E-state index in [-0.39, 0.29) is 11.7 Å². The van der Waals surface area contributed by atoms with Crippen molar-refractivity contribution in [1.82, 2.24) is 14.9 Å². The normalized spacial score (nSPS) is 17.8. The number of pyridine rings is 1. The number of hydrogen-bond donors (Lipinski definition) is 1. The van der Waals surface area contributed by atoms with E-state index in [9.17, 15) is 9.18 Å². The number of aromatic nitrogens is 2. The molecule has 0 saturated carbocycles. The lowest BCUT2D eigenvalue weighted by Gasteiger charge is -2.32. The molecule has 25 heavy (non-hydrogen) atoms. The van der Waals surface area contributed by atoms with E-state index in [4.69, 9.17) is 0 Å². The highest BCUT2D eigenvalue weighted by molar-refractivity contribution is 5.79. The molecular weight excluding hydrogens is 317 g/mol. The summed E-state index contributed by atoms with van der Waals surface area (Å²) < 4.78 is 13.0. The molecule has 128 valence electrons. The average molecular weight is 337 g/mol. The molecule has 4 rings (SSSR count). The summed E-state index contributed by atoms with van der Waals surface area (Å²) in [7, 11) is 0. The summed E-state index contributed by atoms with van der Waals surface area (Å²) in [6.45, 7) is 1.50. The first-order chi connectivity index (χ1) is 12.2. The van der Waals surface area contributed by atoms with Crippen LogP contribution in [0.1, 0.15) is 30.0 Å². The minimum Gasteiger partial charge on any atom is -0.357 e. The number of carbonyl (C=O) groups is 1. The smallest absolute Gasteiger partial charge is 0.227 e. The number of hydrogen-bond acceptors (Lipinski definition) is 2. The number of piperidine rings is 1. The third kappa shape index (κ3) is 3.40. The highest BCUT2D eigenvalue weighted by atomic mass is 19.1. The van der Waals surface area contributed by atoms with Crippen LogP contribution in [-0.2, 0) is 11.2 Å². The van der Waals surface area contributed by atoms with Gasteiger partial charge in [0.2, 0.25) is 5.91 Å². The lowest BCUT2D eigenvalue weighted by atomic mass is 9.94. The van der Waals surface area contributed by atoms with Crippen LogP contribution in [0, 0.1) is 5.82 Å². The molecular formula is C20H20FN3O. The van der Waals surface area contributed by atoms with Crippen LogP contribution in [0.15, 0.2) is 48.7 Å². The van der Waals surface area contributed by atoms with Crippen molar-refractivity contribution < 1.29 is 9.18 Å². The zero-order chi connectivity index (χ0) is 17.2. The number of nitrogens with one attached hydrogen (secondary N) is 1. The number of H-pyrrole nitrogens is 1. The molecule has 4 nitrogen and oxygen atoms in total. The van der Waals surface area contributed by atoms with Gasteiger partial charge in [-0.2, -0.15) is 0 Å². The fourth-order valence-electron chi connectivity index (χ4n) is 3.54. The molecule has 0 unspecified atom stereocenters. The number of amides is 1. The van der Waals surface area contributed by atoms with Gasteiger partial charge in [0.15, 0.2) is 0 Å². The molecule has 1 aromatic carbocycles. The summed E-state index contributed by atoms with van der Waals surface area (Å²) >= 11 is 0. The first kappa shape index (κ1) is 15.8. The number of aromatic amines is 1. The van der Waals surface area contributed by atoms with Gasteiger partial charge in [0.1, 0.15) is 5.82 Å². The topological polar surface area (TPSA) is 49.0 Å². The maximum atomic E-state index is 13.0. The van der Waals surface area contributed by atoms with Crippen LogP contribution in [0.2, 0.25) is 0 Å². The Bertz CT molecular complexity index is 854. The fraction of sp³-hybridized carbons (Fsp3) is 0.300. The number of carbonyl (C=O) groups excluding carboxylic acids is 1. The predicted molar refractivity (Wildman–Crippen MR) is 94.8 cm³/mol. The summed E-state index contributed by atoms with van der Waals surface area (Å²) in [5.74, 6) is 0.132. The molecule has 5 heteroatoms. The van der Waals surface area contributed by atoms with Gasteiger partial charge in [0.05, 0.1) is 17.5 Å². The summed E-state index contributed by atoms with van der Waals surface area (Å²) in [6, 6.07) is 12.2. The summed E-state index contributed by atoms with van der Waals surface area (Å²) in [5, 5.41) is 0. The van der Waals surface area contributed by atoms with Crippen molar-refractivity contribution in [3.05, 3.63) is 65.7 Å². The van der Waals surface area contributed by atoms with Crippen molar-refractivity contribution in [2.45, 2.75) is 25.2 Å². The Morgan fingerprint density at radius 3 is 2.92 bits per heavy atom. The Balaban J connectivity index is 1.46. The van der Waals surface area contributed by atoms with Gasteiger partial charge in [0, 0.05) is 30.9 Å². The average Bonchev–Trinajstić information content (AvgIpc) is 3.08. The maximum absolute atomic E-state index is 13.0. The van der Waals surface area contributed by atoms with E-state index in [2.05, 4.69) is 16.0 Å². The molecule has 3 aromatic rings. The van der Waals surface area contributed by atoms with Crippen LogP contribution >= 0.6 is 0 Å². The zero-order valence-electron chi connectivity index (χ0n) is 13.9. The quantitative estimate of drug-likeness (QED) is 0.793. The largest absolute Gasteiger partial charge is 0.357 e. The highest BCUT2D eigenvalue weighted by Crippen LogP contribution is 2.28. The van der Waals surface area contributed by atoms with Gasteiger partial charge in [-0.25, -0.2) is 4.39 Å². The number of likely N-dealkylation sites (tertiary alicyclic amines) is 1. The van der Waals surface area contributed by atoms with Gasteiger partial charge in [-0.05, 0) is 48.7 Å². The van der Waals surface area contributed by atoms with Gasteiger partial charge in [-0.1, -0.05) is 12.1 Å². The van der Waals surface area contributed by atoms with Crippen molar-refractivity contribution in [3.63, 3.8) is 0 Å². The Morgan fingerprint density at radius 2 is 2.12 bits per heavy atom. The molecule has 1 amide bonds. The molecule has 0 radical (unpaired) electrons. The Labute approximate surface area is 145 Å². The second-order valence-electron chi connectivity index (χ2n) is 6.64. The maximum Gasteiger partial charge on any atom is 0.227 e. The summed E-state index contributed by atoms with van der Waals surface area (Å²) in [4.78, 5) is 22.3. The molecule has 1 atom stereocenters. The molecule has 0 aliphatic carbocycles. The number of benzene rings is 1. The van der Waals surface area contributed by atoms with Crippen molar-refractivity contribution in [2.75, 3.05) is 13.1 Å². The SMILES string of the molecule is O=C(Cc1ccc(F)cc1)N1CCC[C@@H](c2cc3ncccc3[nH]2)C1. The predicted octanol–water partition coefficient (Wildman–Crippen LogP) is 3.65. The highest BCUT2D eigenvalue weighted by Gasteiger charge is 2.25. The molecule has 1 fully saturated rings. The second kappa shape index (κ2) is 6.67. The first-order valence-corrected chi connectivity index (χ1v) is 8.65. The van der Waals surface area contributed by atoms with Gasteiger partial charge < -0.3 is 9.88 Å². The molecule has 0 bridgehead atoms. The molecule has 1 aliphatic heterocycles. The van der Waals surface area contributed by atoms with Crippen LogP contribution in [0.4, 0.5) is 4.39 Å². The zero-order valence-corrected chi connectivity index (χ0v) is 13.9. The van der Waals surface area contributed by atoms with Gasteiger partial charge in [-0.15, -0.1) is 0 Å². The van der Waals surface area contributed by atoms with E-state index in [1.807, 2.05) is 17.0 Å². The van der Waals surface area contributed by atoms with Gasteiger partial charge >= 0.3 is 0 Å². The molecule has 3 heterocycles. The summed E-state index contributed by atoms with van der Waals surface area (Å²) in [6.07, 6.45) is 4.16. The molecule has 2 aromatic heterocycles. The summed E-state index contributed by atoms with van der Waals surface area (Å²) in [5.41, 5.74) is 4.00. The van der Waals surface area contributed by atoms with Crippen LogP contribution in [-0.4, -0.2) is 33.9 Å². The number of halogens is 1. The first-order valence-electron chi connectivity index (χ1n) is 8.65. The van der Waals surface area contributed by atoms with Crippen LogP contribution in [0.5, 0.6) is 0 Å². The third-order valence-electron chi connectivity index (χ3n) is 4.89. The number of fused-ring (bicyclic) bond motifs is 1. The Hall–Kier alpha value is -2.69. The molecule has 1 aliphatic rings.